The Hall–Kier alpha value is -2.13. The van der Waals surface area contributed by atoms with Gasteiger partial charge in [0.15, 0.2) is 0 Å². The van der Waals surface area contributed by atoms with E-state index in [0.717, 1.165) is 5.56 Å². The lowest BCUT2D eigenvalue weighted by atomic mass is 10.1. The average molecular weight is 320 g/mol. The molecular weight excluding hydrogens is 310 g/mol. The van der Waals surface area contributed by atoms with Crippen LogP contribution in [-0.2, 0) is 6.54 Å². The Kier molecular flexibility index (Phi) is 3.97. The van der Waals surface area contributed by atoms with Gasteiger partial charge in [-0.15, -0.1) is 0 Å². The van der Waals surface area contributed by atoms with Crippen LogP contribution in [0.25, 0.3) is 0 Å². The molecular formula is C13H10BrN3O2. The molecule has 0 spiro atoms. The molecule has 2 rings (SSSR count). The second-order valence-electron chi connectivity index (χ2n) is 3.81. The zero-order valence-electron chi connectivity index (χ0n) is 10.1. The van der Waals surface area contributed by atoms with Crippen molar-refractivity contribution in [3.8, 4) is 11.8 Å². The maximum absolute atomic E-state index is 11.9. The minimum Gasteiger partial charge on any atom is -0.496 e. The van der Waals surface area contributed by atoms with Crippen molar-refractivity contribution >= 4 is 15.9 Å². The fourth-order valence-corrected chi connectivity index (χ4v) is 2.04. The van der Waals surface area contributed by atoms with Crippen molar-refractivity contribution in [2.45, 2.75) is 6.54 Å². The van der Waals surface area contributed by atoms with Gasteiger partial charge in [-0.25, -0.2) is 4.98 Å². The summed E-state index contributed by atoms with van der Waals surface area (Å²) in [7, 11) is 1.55. The van der Waals surface area contributed by atoms with E-state index in [1.807, 2.05) is 0 Å². The zero-order valence-corrected chi connectivity index (χ0v) is 11.7. The van der Waals surface area contributed by atoms with Crippen LogP contribution in [0.4, 0.5) is 0 Å². The standard InChI is InChI=1S/C13H10BrN3O2/c1-19-12-3-2-9(5-15)4-10(12)7-17-8-16-6-11(14)13(17)18/h2-4,6,8H,7H2,1H3. The summed E-state index contributed by atoms with van der Waals surface area (Å²) in [5, 5.41) is 8.91. The quantitative estimate of drug-likeness (QED) is 0.867. The fraction of sp³-hybridized carbons (Fsp3) is 0.154. The van der Waals surface area contributed by atoms with Crippen LogP contribution in [0.1, 0.15) is 11.1 Å². The summed E-state index contributed by atoms with van der Waals surface area (Å²) in [6.45, 7) is 0.296. The monoisotopic (exact) mass is 319 g/mol. The Morgan fingerprint density at radius 3 is 3.00 bits per heavy atom. The van der Waals surface area contributed by atoms with Crippen LogP contribution in [-0.4, -0.2) is 16.7 Å². The lowest BCUT2D eigenvalue weighted by Crippen LogP contribution is -2.21. The van der Waals surface area contributed by atoms with Crippen molar-refractivity contribution in [2.75, 3.05) is 7.11 Å². The molecule has 0 saturated heterocycles. The Morgan fingerprint density at radius 2 is 2.32 bits per heavy atom. The molecule has 1 heterocycles. The van der Waals surface area contributed by atoms with E-state index >= 15 is 0 Å². The van der Waals surface area contributed by atoms with Gasteiger partial charge in [0, 0.05) is 11.8 Å². The van der Waals surface area contributed by atoms with Gasteiger partial charge in [0.25, 0.3) is 5.56 Å². The van der Waals surface area contributed by atoms with Crippen molar-refractivity contribution < 1.29 is 4.74 Å². The Balaban J connectivity index is 2.45. The molecule has 0 aliphatic rings. The maximum Gasteiger partial charge on any atom is 0.267 e. The Morgan fingerprint density at radius 1 is 1.53 bits per heavy atom. The molecule has 0 aliphatic heterocycles. The van der Waals surface area contributed by atoms with Gasteiger partial charge in [-0.1, -0.05) is 0 Å². The number of aromatic nitrogens is 2. The van der Waals surface area contributed by atoms with Gasteiger partial charge in [-0.05, 0) is 34.1 Å². The van der Waals surface area contributed by atoms with Crippen molar-refractivity contribution in [2.24, 2.45) is 0 Å². The first kappa shape index (κ1) is 13.3. The fourth-order valence-electron chi connectivity index (χ4n) is 1.69. The highest BCUT2D eigenvalue weighted by Gasteiger charge is 2.08. The molecule has 0 aliphatic carbocycles. The Labute approximate surface area is 118 Å². The lowest BCUT2D eigenvalue weighted by Gasteiger charge is -2.10. The second-order valence-corrected chi connectivity index (χ2v) is 4.67. The van der Waals surface area contributed by atoms with E-state index in [-0.39, 0.29) is 5.56 Å². The third-order valence-electron chi connectivity index (χ3n) is 2.61. The van der Waals surface area contributed by atoms with Crippen LogP contribution < -0.4 is 10.3 Å². The van der Waals surface area contributed by atoms with E-state index in [1.165, 1.54) is 17.1 Å². The van der Waals surface area contributed by atoms with Crippen LogP contribution in [0.5, 0.6) is 5.75 Å². The summed E-state index contributed by atoms with van der Waals surface area (Å²) in [6.07, 6.45) is 2.90. The molecule has 2 aromatic rings. The Bertz CT molecular complexity index is 704. The molecule has 0 radical (unpaired) electrons. The van der Waals surface area contributed by atoms with Crippen molar-refractivity contribution in [1.82, 2.24) is 9.55 Å². The normalized spacial score (nSPS) is 9.95. The van der Waals surface area contributed by atoms with Gasteiger partial charge >= 0.3 is 0 Å². The summed E-state index contributed by atoms with van der Waals surface area (Å²) in [4.78, 5) is 15.8. The number of ether oxygens (including phenoxy) is 1. The zero-order chi connectivity index (χ0) is 13.8. The molecule has 0 saturated carbocycles. The van der Waals surface area contributed by atoms with E-state index in [1.54, 1.807) is 25.3 Å². The molecule has 6 heteroatoms. The average Bonchev–Trinajstić information content (AvgIpc) is 2.43. The minimum absolute atomic E-state index is 0.181. The van der Waals surface area contributed by atoms with Crippen LogP contribution in [0.15, 0.2) is 40.0 Å². The van der Waals surface area contributed by atoms with Crippen molar-refractivity contribution in [3.63, 3.8) is 0 Å². The topological polar surface area (TPSA) is 67.9 Å². The van der Waals surface area contributed by atoms with Gasteiger partial charge in [0.2, 0.25) is 0 Å². The van der Waals surface area contributed by atoms with Gasteiger partial charge in [0.1, 0.15) is 10.2 Å². The third kappa shape index (κ3) is 2.83. The molecule has 0 N–H and O–H groups in total. The maximum atomic E-state index is 11.9. The summed E-state index contributed by atoms with van der Waals surface area (Å²) >= 11 is 3.14. The molecule has 96 valence electrons. The van der Waals surface area contributed by atoms with Crippen LogP contribution in [0.3, 0.4) is 0 Å². The van der Waals surface area contributed by atoms with E-state index < -0.39 is 0 Å². The molecule has 0 atom stereocenters. The smallest absolute Gasteiger partial charge is 0.267 e. The molecule has 0 unspecified atom stereocenters. The van der Waals surface area contributed by atoms with Crippen molar-refractivity contribution in [1.29, 1.82) is 5.26 Å². The van der Waals surface area contributed by atoms with Gasteiger partial charge < -0.3 is 4.74 Å². The predicted molar refractivity (Wildman–Crippen MR) is 73.0 cm³/mol. The van der Waals surface area contributed by atoms with Crippen molar-refractivity contribution in [3.05, 3.63) is 56.7 Å². The molecule has 1 aromatic heterocycles. The van der Waals surface area contributed by atoms with Crippen LogP contribution >= 0.6 is 15.9 Å². The van der Waals surface area contributed by atoms with E-state index in [9.17, 15) is 4.79 Å². The largest absolute Gasteiger partial charge is 0.496 e. The number of hydrogen-bond donors (Lipinski definition) is 0. The summed E-state index contributed by atoms with van der Waals surface area (Å²) in [6, 6.07) is 7.15. The minimum atomic E-state index is -0.181. The summed E-state index contributed by atoms with van der Waals surface area (Å²) in [5.74, 6) is 0.630. The highest BCUT2D eigenvalue weighted by atomic mass is 79.9. The van der Waals surface area contributed by atoms with Gasteiger partial charge in [0.05, 0.1) is 31.6 Å². The molecule has 5 nitrogen and oxygen atoms in total. The highest BCUT2D eigenvalue weighted by molar-refractivity contribution is 9.10. The number of halogens is 1. The van der Waals surface area contributed by atoms with Crippen LogP contribution in [0, 0.1) is 11.3 Å². The second kappa shape index (κ2) is 5.67. The number of benzene rings is 1. The summed E-state index contributed by atoms with van der Waals surface area (Å²) < 4.78 is 7.07. The number of hydrogen-bond acceptors (Lipinski definition) is 4. The molecule has 1 aromatic carbocycles. The summed E-state index contributed by atoms with van der Waals surface area (Å²) in [5.41, 5.74) is 1.09. The number of rotatable bonds is 3. The first-order valence-electron chi connectivity index (χ1n) is 5.42. The lowest BCUT2D eigenvalue weighted by molar-refractivity contribution is 0.408. The SMILES string of the molecule is COc1ccc(C#N)cc1Cn1cncc(Br)c1=O. The van der Waals surface area contributed by atoms with Gasteiger partial charge in [-0.3, -0.25) is 9.36 Å². The molecule has 0 bridgehead atoms. The van der Waals surface area contributed by atoms with E-state index in [4.69, 9.17) is 10.00 Å². The van der Waals surface area contributed by atoms with Crippen LogP contribution in [0.2, 0.25) is 0 Å². The number of methoxy groups -OCH3 is 1. The van der Waals surface area contributed by atoms with Gasteiger partial charge in [-0.2, -0.15) is 5.26 Å². The molecule has 0 fully saturated rings. The first-order chi connectivity index (χ1) is 9.15. The number of nitriles is 1. The van der Waals surface area contributed by atoms with E-state index in [2.05, 4.69) is 27.0 Å². The predicted octanol–water partition coefficient (Wildman–Crippen LogP) is 1.93. The number of nitrogens with zero attached hydrogens (tertiary/aromatic N) is 3. The van der Waals surface area contributed by atoms with E-state index in [0.29, 0.717) is 22.3 Å². The molecule has 19 heavy (non-hydrogen) atoms. The molecule has 0 amide bonds. The first-order valence-corrected chi connectivity index (χ1v) is 6.22. The highest BCUT2D eigenvalue weighted by Crippen LogP contribution is 2.20. The third-order valence-corrected chi connectivity index (χ3v) is 3.15.